The first-order valence-corrected chi connectivity index (χ1v) is 9.02. The smallest absolute Gasteiger partial charge is 0.271 e. The summed E-state index contributed by atoms with van der Waals surface area (Å²) in [5, 5.41) is 4.73. The van der Waals surface area contributed by atoms with E-state index in [1.165, 1.54) is 0 Å². The standard InChI is InChI=1S/C19H27N5O/c1-4-11-24-18(19(25)22(2)3)16-14-23(13-9-17(16)21-24)12-8-15-7-5-6-10-20-15/h5-7,10H,4,8-9,11-14H2,1-3H3. The van der Waals surface area contributed by atoms with E-state index in [1.54, 1.807) is 19.0 Å². The fourth-order valence-electron chi connectivity index (χ4n) is 3.32. The van der Waals surface area contributed by atoms with E-state index in [1.807, 2.05) is 23.0 Å². The fraction of sp³-hybridized carbons (Fsp3) is 0.526. The third-order valence-electron chi connectivity index (χ3n) is 4.63. The highest BCUT2D eigenvalue weighted by molar-refractivity contribution is 5.94. The molecule has 0 unspecified atom stereocenters. The molecule has 1 aliphatic heterocycles. The number of nitrogens with zero attached hydrogens (tertiary/aromatic N) is 5. The predicted octanol–water partition coefficient (Wildman–Crippen LogP) is 1.99. The lowest BCUT2D eigenvalue weighted by Crippen LogP contribution is -2.34. The number of aromatic nitrogens is 3. The first kappa shape index (κ1) is 17.6. The first-order valence-electron chi connectivity index (χ1n) is 9.02. The van der Waals surface area contributed by atoms with Crippen LogP contribution < -0.4 is 0 Å². The molecule has 0 N–H and O–H groups in total. The summed E-state index contributed by atoms with van der Waals surface area (Å²) in [5.41, 5.74) is 4.08. The number of fused-ring (bicyclic) bond motifs is 1. The highest BCUT2D eigenvalue weighted by atomic mass is 16.2. The Kier molecular flexibility index (Phi) is 5.48. The van der Waals surface area contributed by atoms with Gasteiger partial charge in [0.15, 0.2) is 0 Å². The van der Waals surface area contributed by atoms with Crippen LogP contribution in [0.15, 0.2) is 24.4 Å². The van der Waals surface area contributed by atoms with Gasteiger partial charge in [-0.3, -0.25) is 19.4 Å². The zero-order valence-corrected chi connectivity index (χ0v) is 15.4. The van der Waals surface area contributed by atoms with Crippen LogP contribution >= 0.6 is 0 Å². The maximum Gasteiger partial charge on any atom is 0.271 e. The normalized spacial score (nSPS) is 14.4. The number of rotatable bonds is 6. The van der Waals surface area contributed by atoms with Gasteiger partial charge in [0.2, 0.25) is 0 Å². The molecule has 3 heterocycles. The van der Waals surface area contributed by atoms with Gasteiger partial charge in [-0.15, -0.1) is 0 Å². The van der Waals surface area contributed by atoms with Crippen molar-refractivity contribution in [3.8, 4) is 0 Å². The number of carbonyl (C=O) groups excluding carboxylic acids is 1. The third-order valence-corrected chi connectivity index (χ3v) is 4.63. The topological polar surface area (TPSA) is 54.3 Å². The zero-order chi connectivity index (χ0) is 17.8. The van der Waals surface area contributed by atoms with Gasteiger partial charge in [0.25, 0.3) is 5.91 Å². The lowest BCUT2D eigenvalue weighted by Gasteiger charge is -2.26. The number of amides is 1. The average molecular weight is 341 g/mol. The molecule has 6 heteroatoms. The Morgan fingerprint density at radius 1 is 1.28 bits per heavy atom. The molecule has 0 aliphatic carbocycles. The average Bonchev–Trinajstić information content (AvgIpc) is 2.97. The van der Waals surface area contributed by atoms with E-state index in [0.29, 0.717) is 0 Å². The van der Waals surface area contributed by atoms with Crippen LogP contribution in [-0.2, 0) is 25.9 Å². The molecule has 0 radical (unpaired) electrons. The molecule has 0 fully saturated rings. The van der Waals surface area contributed by atoms with Gasteiger partial charge >= 0.3 is 0 Å². The van der Waals surface area contributed by atoms with Crippen LogP contribution in [0.2, 0.25) is 0 Å². The SMILES string of the molecule is CCCn1nc2c(c1C(=O)N(C)C)CN(CCc1ccccn1)CC2. The minimum Gasteiger partial charge on any atom is -0.343 e. The molecule has 0 saturated heterocycles. The second-order valence-electron chi connectivity index (χ2n) is 6.79. The summed E-state index contributed by atoms with van der Waals surface area (Å²) in [6, 6.07) is 6.03. The molecular weight excluding hydrogens is 314 g/mol. The Balaban J connectivity index is 1.77. The number of carbonyl (C=O) groups is 1. The van der Waals surface area contributed by atoms with Crippen LogP contribution in [0.5, 0.6) is 0 Å². The van der Waals surface area contributed by atoms with Gasteiger partial charge in [0.1, 0.15) is 5.69 Å². The zero-order valence-electron chi connectivity index (χ0n) is 15.4. The molecule has 0 spiro atoms. The number of hydrogen-bond acceptors (Lipinski definition) is 4. The third kappa shape index (κ3) is 3.90. The number of aryl methyl sites for hydroxylation is 1. The van der Waals surface area contributed by atoms with Crippen molar-refractivity contribution in [2.75, 3.05) is 27.2 Å². The van der Waals surface area contributed by atoms with E-state index < -0.39 is 0 Å². The van der Waals surface area contributed by atoms with Gasteiger partial charge in [0.05, 0.1) is 5.69 Å². The van der Waals surface area contributed by atoms with Crippen LogP contribution in [0.3, 0.4) is 0 Å². The van der Waals surface area contributed by atoms with Gasteiger partial charge in [-0.2, -0.15) is 5.10 Å². The Morgan fingerprint density at radius 2 is 2.12 bits per heavy atom. The lowest BCUT2D eigenvalue weighted by atomic mass is 10.0. The summed E-state index contributed by atoms with van der Waals surface area (Å²) in [4.78, 5) is 21.2. The van der Waals surface area contributed by atoms with Crippen LogP contribution in [0.4, 0.5) is 0 Å². The lowest BCUT2D eigenvalue weighted by molar-refractivity contribution is 0.0812. The molecule has 25 heavy (non-hydrogen) atoms. The summed E-state index contributed by atoms with van der Waals surface area (Å²) in [6.45, 7) is 5.63. The second kappa shape index (κ2) is 7.78. The second-order valence-corrected chi connectivity index (χ2v) is 6.79. The molecule has 0 atom stereocenters. The van der Waals surface area contributed by atoms with Crippen molar-refractivity contribution >= 4 is 5.91 Å². The molecule has 0 saturated carbocycles. The summed E-state index contributed by atoms with van der Waals surface area (Å²) in [7, 11) is 3.61. The van der Waals surface area contributed by atoms with E-state index in [-0.39, 0.29) is 5.91 Å². The number of pyridine rings is 1. The van der Waals surface area contributed by atoms with E-state index in [4.69, 9.17) is 5.10 Å². The van der Waals surface area contributed by atoms with E-state index in [9.17, 15) is 4.79 Å². The van der Waals surface area contributed by atoms with Crippen LogP contribution in [-0.4, -0.2) is 57.7 Å². The number of hydrogen-bond donors (Lipinski definition) is 0. The molecule has 6 nitrogen and oxygen atoms in total. The van der Waals surface area contributed by atoms with E-state index in [0.717, 1.165) is 68.1 Å². The van der Waals surface area contributed by atoms with Crippen molar-refractivity contribution in [2.45, 2.75) is 39.3 Å². The highest BCUT2D eigenvalue weighted by Gasteiger charge is 2.28. The monoisotopic (exact) mass is 341 g/mol. The van der Waals surface area contributed by atoms with Gasteiger partial charge in [-0.05, 0) is 18.6 Å². The molecular formula is C19H27N5O. The Morgan fingerprint density at radius 3 is 2.80 bits per heavy atom. The van der Waals surface area contributed by atoms with E-state index in [2.05, 4.69) is 22.9 Å². The highest BCUT2D eigenvalue weighted by Crippen LogP contribution is 2.24. The fourth-order valence-corrected chi connectivity index (χ4v) is 3.32. The first-order chi connectivity index (χ1) is 12.1. The van der Waals surface area contributed by atoms with Gasteiger partial charge in [-0.25, -0.2) is 0 Å². The van der Waals surface area contributed by atoms with Crippen molar-refractivity contribution in [3.63, 3.8) is 0 Å². The van der Waals surface area contributed by atoms with Gasteiger partial charge < -0.3 is 4.90 Å². The van der Waals surface area contributed by atoms with Gasteiger partial charge in [-0.1, -0.05) is 13.0 Å². The Labute approximate surface area is 149 Å². The van der Waals surface area contributed by atoms with Crippen LogP contribution in [0.25, 0.3) is 0 Å². The minimum atomic E-state index is 0.0498. The molecule has 3 rings (SSSR count). The maximum absolute atomic E-state index is 12.7. The van der Waals surface area contributed by atoms with Crippen molar-refractivity contribution in [2.24, 2.45) is 0 Å². The van der Waals surface area contributed by atoms with Gasteiger partial charge in [0, 0.05) is 70.6 Å². The molecule has 1 aliphatic rings. The van der Waals surface area contributed by atoms with E-state index >= 15 is 0 Å². The molecule has 0 aromatic carbocycles. The summed E-state index contributed by atoms with van der Waals surface area (Å²) in [5.74, 6) is 0.0498. The molecule has 2 aromatic rings. The summed E-state index contributed by atoms with van der Waals surface area (Å²) in [6.07, 6.45) is 4.64. The van der Waals surface area contributed by atoms with Crippen molar-refractivity contribution < 1.29 is 4.79 Å². The van der Waals surface area contributed by atoms with Crippen LogP contribution in [0.1, 0.15) is 40.8 Å². The molecule has 1 amide bonds. The Hall–Kier alpha value is -2.21. The molecule has 0 bridgehead atoms. The molecule has 2 aromatic heterocycles. The van der Waals surface area contributed by atoms with Crippen molar-refractivity contribution in [1.82, 2.24) is 24.6 Å². The maximum atomic E-state index is 12.7. The predicted molar refractivity (Wildman–Crippen MR) is 97.5 cm³/mol. The quantitative estimate of drug-likeness (QED) is 0.806. The van der Waals surface area contributed by atoms with Crippen molar-refractivity contribution in [3.05, 3.63) is 47.0 Å². The van der Waals surface area contributed by atoms with Crippen molar-refractivity contribution in [1.29, 1.82) is 0 Å². The molecule has 134 valence electrons. The minimum absolute atomic E-state index is 0.0498. The largest absolute Gasteiger partial charge is 0.343 e. The Bertz CT molecular complexity index is 723. The van der Waals surface area contributed by atoms with Crippen LogP contribution in [0, 0.1) is 0 Å². The summed E-state index contributed by atoms with van der Waals surface area (Å²) >= 11 is 0. The summed E-state index contributed by atoms with van der Waals surface area (Å²) < 4.78 is 1.91.